The van der Waals surface area contributed by atoms with Crippen LogP contribution in [0.2, 0.25) is 0 Å². The second kappa shape index (κ2) is 5.75. The van der Waals surface area contributed by atoms with E-state index < -0.39 is 0 Å². The zero-order valence-electron chi connectivity index (χ0n) is 11.7. The molecule has 0 aromatic heterocycles. The maximum Gasteiger partial charge on any atom is 0.00100 e. The second-order valence-corrected chi connectivity index (χ2v) is 5.55. The summed E-state index contributed by atoms with van der Waals surface area (Å²) in [6, 6.07) is 15.5. The number of likely N-dealkylation sites (tertiary alicyclic amines) is 1. The molecular formula is C18H22N. The Bertz CT molecular complexity index is 533. The maximum absolute atomic E-state index is 2.56. The van der Waals surface area contributed by atoms with E-state index in [0.717, 1.165) is 12.5 Å². The molecule has 1 radical (unpaired) electrons. The third-order valence-corrected chi connectivity index (χ3v) is 4.29. The molecule has 1 aliphatic rings. The summed E-state index contributed by atoms with van der Waals surface area (Å²) in [6.45, 7) is 5.76. The van der Waals surface area contributed by atoms with E-state index in [2.05, 4.69) is 60.7 Å². The van der Waals surface area contributed by atoms with Gasteiger partial charge >= 0.3 is 0 Å². The quantitative estimate of drug-likeness (QED) is 0.789. The van der Waals surface area contributed by atoms with Gasteiger partial charge in [-0.25, -0.2) is 0 Å². The highest BCUT2D eigenvalue weighted by molar-refractivity contribution is 5.86. The van der Waals surface area contributed by atoms with Gasteiger partial charge in [-0.2, -0.15) is 0 Å². The van der Waals surface area contributed by atoms with Crippen molar-refractivity contribution in [2.45, 2.75) is 25.7 Å². The second-order valence-electron chi connectivity index (χ2n) is 5.55. The summed E-state index contributed by atoms with van der Waals surface area (Å²) in [4.78, 5) is 2.56. The molecular weight excluding hydrogens is 230 g/mol. The third-order valence-electron chi connectivity index (χ3n) is 4.29. The van der Waals surface area contributed by atoms with E-state index in [0.29, 0.717) is 0 Å². The zero-order valence-corrected chi connectivity index (χ0v) is 11.7. The molecule has 0 unspecified atom stereocenters. The smallest absolute Gasteiger partial charge is 0.00100 e. The highest BCUT2D eigenvalue weighted by Gasteiger charge is 2.21. The molecule has 0 amide bonds. The largest absolute Gasteiger partial charge is 0.303 e. The van der Waals surface area contributed by atoms with Crippen molar-refractivity contribution in [1.29, 1.82) is 0 Å². The number of piperidine rings is 1. The van der Waals surface area contributed by atoms with E-state index in [4.69, 9.17) is 0 Å². The van der Waals surface area contributed by atoms with E-state index in [9.17, 15) is 0 Å². The Morgan fingerprint density at radius 1 is 1.05 bits per heavy atom. The number of hydrogen-bond acceptors (Lipinski definition) is 1. The van der Waals surface area contributed by atoms with Gasteiger partial charge in [-0.1, -0.05) is 49.4 Å². The van der Waals surface area contributed by atoms with Crippen molar-refractivity contribution in [3.63, 3.8) is 0 Å². The van der Waals surface area contributed by atoms with E-state index in [-0.39, 0.29) is 0 Å². The van der Waals surface area contributed by atoms with Crippen LogP contribution in [0.15, 0.2) is 42.5 Å². The van der Waals surface area contributed by atoms with Gasteiger partial charge in [0.05, 0.1) is 0 Å². The van der Waals surface area contributed by atoms with Crippen LogP contribution in [0.3, 0.4) is 0 Å². The Balaban J connectivity index is 1.82. The molecule has 2 aromatic carbocycles. The fourth-order valence-electron chi connectivity index (χ4n) is 3.29. The Morgan fingerprint density at radius 2 is 1.79 bits per heavy atom. The first-order chi connectivity index (χ1) is 9.38. The van der Waals surface area contributed by atoms with E-state index >= 15 is 0 Å². The maximum atomic E-state index is 2.56. The van der Waals surface area contributed by atoms with Gasteiger partial charge < -0.3 is 4.90 Å². The summed E-state index contributed by atoms with van der Waals surface area (Å²) in [5, 5.41) is 2.83. The predicted molar refractivity (Wildman–Crippen MR) is 82.3 cm³/mol. The number of fused-ring (bicyclic) bond motifs is 1. The van der Waals surface area contributed by atoms with E-state index in [1.54, 1.807) is 5.56 Å². The van der Waals surface area contributed by atoms with Crippen LogP contribution in [0.1, 0.15) is 31.2 Å². The van der Waals surface area contributed by atoms with Gasteiger partial charge in [0.1, 0.15) is 0 Å². The van der Waals surface area contributed by atoms with Crippen LogP contribution < -0.4 is 0 Å². The molecule has 0 saturated carbocycles. The topological polar surface area (TPSA) is 3.24 Å². The molecule has 1 aliphatic heterocycles. The zero-order chi connectivity index (χ0) is 13.1. The predicted octanol–water partition coefficient (Wildman–Crippen LogP) is 4.24. The van der Waals surface area contributed by atoms with Crippen LogP contribution in [-0.2, 0) is 0 Å². The number of rotatable bonds is 3. The molecule has 0 spiro atoms. The lowest BCUT2D eigenvalue weighted by Gasteiger charge is -2.32. The van der Waals surface area contributed by atoms with Crippen molar-refractivity contribution in [3.05, 3.63) is 54.4 Å². The molecule has 0 aliphatic carbocycles. The minimum Gasteiger partial charge on any atom is -0.303 e. The molecule has 1 fully saturated rings. The van der Waals surface area contributed by atoms with Gasteiger partial charge in [0.15, 0.2) is 0 Å². The summed E-state index contributed by atoms with van der Waals surface area (Å²) in [6.07, 6.45) is 4.85. The Hall–Kier alpha value is -1.34. The summed E-state index contributed by atoms with van der Waals surface area (Å²) in [5.74, 6) is 0.735. The van der Waals surface area contributed by atoms with Gasteiger partial charge in [0.25, 0.3) is 0 Å². The van der Waals surface area contributed by atoms with Crippen molar-refractivity contribution in [2.75, 3.05) is 19.6 Å². The normalized spacial score (nSPS) is 17.9. The molecule has 3 rings (SSSR count). The first kappa shape index (κ1) is 12.7. The van der Waals surface area contributed by atoms with Gasteiger partial charge in [-0.15, -0.1) is 0 Å². The summed E-state index contributed by atoms with van der Waals surface area (Å²) in [5.41, 5.74) is 1.55. The fraction of sp³-hybridized carbons (Fsp3) is 0.389. The van der Waals surface area contributed by atoms with Crippen LogP contribution in [0, 0.1) is 6.42 Å². The van der Waals surface area contributed by atoms with Crippen LogP contribution >= 0.6 is 0 Å². The molecule has 1 heterocycles. The van der Waals surface area contributed by atoms with Crippen LogP contribution in [-0.4, -0.2) is 24.5 Å². The monoisotopic (exact) mass is 252 g/mol. The van der Waals surface area contributed by atoms with Crippen LogP contribution in [0.5, 0.6) is 0 Å². The molecule has 19 heavy (non-hydrogen) atoms. The average molecular weight is 252 g/mol. The highest BCUT2D eigenvalue weighted by atomic mass is 15.1. The Labute approximate surface area is 116 Å². The van der Waals surface area contributed by atoms with Crippen LogP contribution in [0.25, 0.3) is 10.8 Å². The molecule has 2 aromatic rings. The molecule has 1 saturated heterocycles. The minimum absolute atomic E-state index is 0.735. The molecule has 0 atom stereocenters. The SMILES string of the molecule is C[CH]CN1CCC(c2cccc3ccccc23)CC1. The molecule has 1 heteroatoms. The Kier molecular flexibility index (Phi) is 3.84. The van der Waals surface area contributed by atoms with Crippen molar-refractivity contribution in [3.8, 4) is 0 Å². The fourth-order valence-corrected chi connectivity index (χ4v) is 3.29. The summed E-state index contributed by atoms with van der Waals surface area (Å²) >= 11 is 0. The summed E-state index contributed by atoms with van der Waals surface area (Å²) in [7, 11) is 0. The van der Waals surface area contributed by atoms with Crippen molar-refractivity contribution >= 4 is 10.8 Å². The molecule has 1 nitrogen and oxygen atoms in total. The molecule has 99 valence electrons. The van der Waals surface area contributed by atoms with Crippen molar-refractivity contribution in [2.24, 2.45) is 0 Å². The third kappa shape index (κ3) is 2.66. The van der Waals surface area contributed by atoms with E-state index in [1.807, 2.05) is 0 Å². The average Bonchev–Trinajstić information content (AvgIpc) is 2.48. The van der Waals surface area contributed by atoms with Gasteiger partial charge in [0.2, 0.25) is 0 Å². The van der Waals surface area contributed by atoms with Crippen LogP contribution in [0.4, 0.5) is 0 Å². The van der Waals surface area contributed by atoms with Gasteiger partial charge in [-0.05, 0) is 54.6 Å². The lowest BCUT2D eigenvalue weighted by Crippen LogP contribution is -2.33. The lowest BCUT2D eigenvalue weighted by atomic mass is 9.86. The summed E-state index contributed by atoms with van der Waals surface area (Å²) < 4.78 is 0. The Morgan fingerprint density at radius 3 is 2.58 bits per heavy atom. The van der Waals surface area contributed by atoms with Crippen molar-refractivity contribution < 1.29 is 0 Å². The van der Waals surface area contributed by atoms with Crippen molar-refractivity contribution in [1.82, 2.24) is 4.90 Å². The number of benzene rings is 2. The first-order valence-electron chi connectivity index (χ1n) is 7.36. The van der Waals surface area contributed by atoms with E-state index in [1.165, 1.54) is 36.7 Å². The number of hydrogen-bond donors (Lipinski definition) is 0. The minimum atomic E-state index is 0.735. The molecule has 0 bridgehead atoms. The highest BCUT2D eigenvalue weighted by Crippen LogP contribution is 2.32. The number of nitrogens with zero attached hydrogens (tertiary/aromatic N) is 1. The van der Waals surface area contributed by atoms with Gasteiger partial charge in [0, 0.05) is 6.54 Å². The standard InChI is InChI=1S/C18H22N/c1-2-12-19-13-10-16(11-14-19)18-9-5-7-15-6-3-4-8-17(15)18/h2-9,16H,10-14H2,1H3. The first-order valence-corrected chi connectivity index (χ1v) is 7.36. The molecule has 0 N–H and O–H groups in total. The lowest BCUT2D eigenvalue weighted by molar-refractivity contribution is 0.227. The van der Waals surface area contributed by atoms with Gasteiger partial charge in [-0.3, -0.25) is 0 Å².